The number of likely N-dealkylation sites (tertiary alicyclic amines) is 1. The van der Waals surface area contributed by atoms with Crippen LogP contribution in [0.15, 0.2) is 0 Å². The quantitative estimate of drug-likeness (QED) is 0.552. The van der Waals surface area contributed by atoms with E-state index in [0.29, 0.717) is 6.54 Å². The number of rotatable bonds is 4. The molecule has 1 aliphatic heterocycles. The molecule has 1 fully saturated rings. The van der Waals surface area contributed by atoms with E-state index in [9.17, 15) is 9.59 Å². The molecule has 1 saturated heterocycles. The van der Waals surface area contributed by atoms with Gasteiger partial charge in [-0.2, -0.15) is 0 Å². The minimum Gasteiger partial charge on any atom is -0.338 e. The van der Waals surface area contributed by atoms with Crippen LogP contribution in [0.5, 0.6) is 0 Å². The van der Waals surface area contributed by atoms with E-state index in [2.05, 4.69) is 10.6 Å². The van der Waals surface area contributed by atoms with Crippen molar-refractivity contribution >= 4 is 11.9 Å². The number of amides is 3. The average Bonchev–Trinajstić information content (AvgIpc) is 2.12. The molecule has 86 valence electrons. The molecule has 0 spiro atoms. The van der Waals surface area contributed by atoms with Crippen LogP contribution in [0.4, 0.5) is 4.79 Å². The molecule has 1 rings (SSSR count). The number of carbonyl (C=O) groups is 2. The fraction of sp³-hybridized carbons (Fsp3) is 0.778. The molecule has 0 aromatic carbocycles. The van der Waals surface area contributed by atoms with E-state index >= 15 is 0 Å². The van der Waals surface area contributed by atoms with Crippen LogP contribution in [-0.4, -0.2) is 49.1 Å². The molecule has 0 bridgehead atoms. The van der Waals surface area contributed by atoms with Gasteiger partial charge in [-0.3, -0.25) is 15.0 Å². The molecule has 0 aromatic heterocycles. The highest BCUT2D eigenvalue weighted by atomic mass is 16.2. The summed E-state index contributed by atoms with van der Waals surface area (Å²) in [5.41, 5.74) is 5.56. The van der Waals surface area contributed by atoms with Gasteiger partial charge in [0.1, 0.15) is 0 Å². The fourth-order valence-corrected chi connectivity index (χ4v) is 1.39. The molecule has 0 unspecified atom stereocenters. The SMILES string of the molecule is CCCNC(=O)NC(=O)CN1CC(N)C1. The molecule has 0 atom stereocenters. The van der Waals surface area contributed by atoms with Gasteiger partial charge in [0.2, 0.25) is 5.91 Å². The third-order valence-electron chi connectivity index (χ3n) is 2.14. The molecule has 0 radical (unpaired) electrons. The zero-order valence-corrected chi connectivity index (χ0v) is 8.95. The van der Waals surface area contributed by atoms with Gasteiger partial charge in [0, 0.05) is 25.7 Å². The number of nitrogens with one attached hydrogen (secondary N) is 2. The summed E-state index contributed by atoms with van der Waals surface area (Å²) in [7, 11) is 0. The van der Waals surface area contributed by atoms with Gasteiger partial charge in [0.05, 0.1) is 6.54 Å². The predicted octanol–water partition coefficient (Wildman–Crippen LogP) is -1.13. The van der Waals surface area contributed by atoms with Crippen LogP contribution < -0.4 is 16.4 Å². The molecule has 1 heterocycles. The molecule has 1 aliphatic rings. The Balaban J connectivity index is 2.10. The number of carbonyl (C=O) groups excluding carboxylic acids is 2. The van der Waals surface area contributed by atoms with E-state index in [1.54, 1.807) is 0 Å². The second-order valence-corrected chi connectivity index (χ2v) is 3.76. The lowest BCUT2D eigenvalue weighted by atomic mass is 10.1. The molecular formula is C9H18N4O2. The van der Waals surface area contributed by atoms with E-state index < -0.39 is 6.03 Å². The Kier molecular flexibility index (Phi) is 4.51. The molecular weight excluding hydrogens is 196 g/mol. The van der Waals surface area contributed by atoms with Gasteiger partial charge < -0.3 is 11.1 Å². The third-order valence-corrected chi connectivity index (χ3v) is 2.14. The largest absolute Gasteiger partial charge is 0.338 e. The van der Waals surface area contributed by atoms with Crippen LogP contribution in [-0.2, 0) is 4.79 Å². The Morgan fingerprint density at radius 1 is 1.47 bits per heavy atom. The van der Waals surface area contributed by atoms with E-state index in [0.717, 1.165) is 19.5 Å². The van der Waals surface area contributed by atoms with Gasteiger partial charge in [-0.25, -0.2) is 4.79 Å². The van der Waals surface area contributed by atoms with Crippen molar-refractivity contribution in [2.24, 2.45) is 5.73 Å². The first-order valence-electron chi connectivity index (χ1n) is 5.17. The van der Waals surface area contributed by atoms with Gasteiger partial charge >= 0.3 is 6.03 Å². The number of imide groups is 1. The number of hydrogen-bond donors (Lipinski definition) is 3. The smallest absolute Gasteiger partial charge is 0.321 e. The first kappa shape index (κ1) is 11.9. The average molecular weight is 214 g/mol. The predicted molar refractivity (Wildman–Crippen MR) is 56.2 cm³/mol. The van der Waals surface area contributed by atoms with E-state index in [4.69, 9.17) is 5.73 Å². The van der Waals surface area contributed by atoms with E-state index in [1.807, 2.05) is 11.8 Å². The Bertz CT molecular complexity index is 238. The molecule has 15 heavy (non-hydrogen) atoms. The lowest BCUT2D eigenvalue weighted by molar-refractivity contribution is -0.122. The minimum atomic E-state index is -0.424. The first-order chi connectivity index (χ1) is 7.11. The van der Waals surface area contributed by atoms with Crippen LogP contribution in [0.1, 0.15) is 13.3 Å². The van der Waals surface area contributed by atoms with E-state index in [1.165, 1.54) is 0 Å². The summed E-state index contributed by atoms with van der Waals surface area (Å²) in [6.45, 7) is 4.22. The lowest BCUT2D eigenvalue weighted by Gasteiger charge is -2.35. The van der Waals surface area contributed by atoms with Gasteiger partial charge in [0.25, 0.3) is 0 Å². The van der Waals surface area contributed by atoms with Crippen molar-refractivity contribution in [3.05, 3.63) is 0 Å². The number of hydrogen-bond acceptors (Lipinski definition) is 4. The second kappa shape index (κ2) is 5.67. The van der Waals surface area contributed by atoms with Crippen molar-refractivity contribution in [1.29, 1.82) is 0 Å². The lowest BCUT2D eigenvalue weighted by Crippen LogP contribution is -2.58. The number of nitrogens with zero attached hydrogens (tertiary/aromatic N) is 1. The minimum absolute atomic E-state index is 0.173. The van der Waals surface area contributed by atoms with Gasteiger partial charge in [-0.15, -0.1) is 0 Å². The van der Waals surface area contributed by atoms with Crippen molar-refractivity contribution in [3.63, 3.8) is 0 Å². The highest BCUT2D eigenvalue weighted by Crippen LogP contribution is 2.02. The molecule has 6 nitrogen and oxygen atoms in total. The number of urea groups is 1. The normalized spacial score (nSPS) is 16.9. The highest BCUT2D eigenvalue weighted by molar-refractivity contribution is 5.95. The summed E-state index contributed by atoms with van der Waals surface area (Å²) in [4.78, 5) is 24.2. The summed E-state index contributed by atoms with van der Waals surface area (Å²) in [6, 6.07) is -0.251. The Morgan fingerprint density at radius 3 is 2.67 bits per heavy atom. The summed E-state index contributed by atoms with van der Waals surface area (Å²) < 4.78 is 0. The summed E-state index contributed by atoms with van der Waals surface area (Å²) in [6.07, 6.45) is 0.850. The zero-order valence-electron chi connectivity index (χ0n) is 8.95. The van der Waals surface area contributed by atoms with Gasteiger partial charge in [-0.05, 0) is 6.42 Å². The summed E-state index contributed by atoms with van der Waals surface area (Å²) >= 11 is 0. The monoisotopic (exact) mass is 214 g/mol. The Hall–Kier alpha value is -1.14. The molecule has 0 aliphatic carbocycles. The first-order valence-corrected chi connectivity index (χ1v) is 5.17. The summed E-state index contributed by atoms with van der Waals surface area (Å²) in [5, 5.41) is 4.82. The maximum atomic E-state index is 11.3. The molecule has 0 saturated carbocycles. The van der Waals surface area contributed by atoms with Crippen LogP contribution >= 0.6 is 0 Å². The molecule has 3 amide bonds. The van der Waals surface area contributed by atoms with Crippen LogP contribution in [0.2, 0.25) is 0 Å². The van der Waals surface area contributed by atoms with E-state index in [-0.39, 0.29) is 18.5 Å². The second-order valence-electron chi connectivity index (χ2n) is 3.76. The van der Waals surface area contributed by atoms with Crippen LogP contribution in [0, 0.1) is 0 Å². The van der Waals surface area contributed by atoms with Gasteiger partial charge in [-0.1, -0.05) is 6.92 Å². The van der Waals surface area contributed by atoms with Crippen molar-refractivity contribution < 1.29 is 9.59 Å². The maximum absolute atomic E-state index is 11.3. The fourth-order valence-electron chi connectivity index (χ4n) is 1.39. The van der Waals surface area contributed by atoms with Crippen molar-refractivity contribution in [3.8, 4) is 0 Å². The summed E-state index contributed by atoms with van der Waals surface area (Å²) in [5.74, 6) is -0.282. The van der Waals surface area contributed by atoms with Crippen LogP contribution in [0.25, 0.3) is 0 Å². The van der Waals surface area contributed by atoms with Crippen molar-refractivity contribution in [2.75, 3.05) is 26.2 Å². The molecule has 6 heteroatoms. The Labute approximate surface area is 89.2 Å². The van der Waals surface area contributed by atoms with Crippen molar-refractivity contribution in [1.82, 2.24) is 15.5 Å². The third kappa shape index (κ3) is 4.26. The molecule has 4 N–H and O–H groups in total. The zero-order chi connectivity index (χ0) is 11.3. The highest BCUT2D eigenvalue weighted by Gasteiger charge is 2.24. The van der Waals surface area contributed by atoms with Gasteiger partial charge in [0.15, 0.2) is 0 Å². The van der Waals surface area contributed by atoms with Crippen LogP contribution in [0.3, 0.4) is 0 Å². The maximum Gasteiger partial charge on any atom is 0.321 e. The molecule has 0 aromatic rings. The van der Waals surface area contributed by atoms with Crippen molar-refractivity contribution in [2.45, 2.75) is 19.4 Å². The topological polar surface area (TPSA) is 87.5 Å². The Morgan fingerprint density at radius 2 is 2.13 bits per heavy atom. The standard InChI is InChI=1S/C9H18N4O2/c1-2-3-11-9(15)12-8(14)6-13-4-7(10)5-13/h7H,2-6,10H2,1H3,(H2,11,12,14,15). The number of nitrogens with two attached hydrogens (primary N) is 1.